The van der Waals surface area contributed by atoms with Crippen LogP contribution in [0.2, 0.25) is 0 Å². The van der Waals surface area contributed by atoms with Crippen LogP contribution in [0, 0.1) is 5.92 Å². The molecule has 0 aromatic heterocycles. The van der Waals surface area contributed by atoms with Gasteiger partial charge in [-0.2, -0.15) is 0 Å². The lowest BCUT2D eigenvalue weighted by molar-refractivity contribution is -0.307. The van der Waals surface area contributed by atoms with Crippen molar-refractivity contribution < 1.29 is 52.4 Å². The number of likely N-dealkylation sites (tertiary alicyclic amines) is 1. The van der Waals surface area contributed by atoms with E-state index in [2.05, 4.69) is 0 Å². The van der Waals surface area contributed by atoms with Crippen molar-refractivity contribution in [3.63, 3.8) is 0 Å². The Hall–Kier alpha value is -2.21. The van der Waals surface area contributed by atoms with Crippen molar-refractivity contribution in [2.75, 3.05) is 20.6 Å². The quantitative estimate of drug-likeness (QED) is 0.413. The van der Waals surface area contributed by atoms with Crippen molar-refractivity contribution in [1.82, 2.24) is 4.90 Å². The summed E-state index contributed by atoms with van der Waals surface area (Å²) in [6, 6.07) is 2.77. The highest BCUT2D eigenvalue weighted by atomic mass is 16.7. The molecule has 184 valence electrons. The Bertz CT molecular complexity index is 1240. The molecule has 1 aromatic rings. The lowest BCUT2D eigenvalue weighted by atomic mass is 9.53. The number of ether oxygens (including phenoxy) is 4. The summed E-state index contributed by atoms with van der Waals surface area (Å²) in [7, 11) is -2.77. The van der Waals surface area contributed by atoms with Gasteiger partial charge in [0.25, 0.3) is 0 Å². The van der Waals surface area contributed by atoms with E-state index in [0.717, 1.165) is 5.56 Å². The molecule has 34 heavy (non-hydrogen) atoms. The van der Waals surface area contributed by atoms with E-state index in [4.69, 9.17) is 27.2 Å². The van der Waals surface area contributed by atoms with Crippen LogP contribution >= 0.6 is 0 Å². The highest BCUT2D eigenvalue weighted by molar-refractivity contribution is 5.73. The Balaban J connectivity index is 1.42. The second kappa shape index (κ2) is 7.64. The second-order valence-corrected chi connectivity index (χ2v) is 9.57. The number of carboxylic acid groups (broad SMARTS) is 1. The average Bonchev–Trinajstić information content (AvgIpc) is 3.19. The molecule has 2 saturated heterocycles. The molecule has 3 aliphatic heterocycles. The first-order valence-electron chi connectivity index (χ1n) is 14.2. The molecule has 1 spiro atoms. The Morgan fingerprint density at radius 3 is 2.85 bits per heavy atom. The topological polar surface area (TPSA) is 138 Å². The maximum absolute atomic E-state index is 11.6. The fourth-order valence-electron chi connectivity index (χ4n) is 6.54. The second-order valence-electron chi connectivity index (χ2n) is 9.57. The summed E-state index contributed by atoms with van der Waals surface area (Å²) in [5.74, 6) is -1.71. The summed E-state index contributed by atoms with van der Waals surface area (Å²) in [4.78, 5) is 13.1. The van der Waals surface area contributed by atoms with Gasteiger partial charge in [-0.3, -0.25) is 0 Å². The maximum Gasteiger partial charge on any atom is 0.335 e. The van der Waals surface area contributed by atoms with Crippen LogP contribution in [-0.2, 0) is 26.1 Å². The zero-order valence-corrected chi connectivity index (χ0v) is 17.9. The third-order valence-electron chi connectivity index (χ3n) is 8.05. The van der Waals surface area contributed by atoms with E-state index in [1.54, 1.807) is 12.1 Å². The van der Waals surface area contributed by atoms with Crippen LogP contribution in [0.3, 0.4) is 0 Å². The minimum atomic E-state index is -2.77. The van der Waals surface area contributed by atoms with Gasteiger partial charge in [-0.25, -0.2) is 4.79 Å². The van der Waals surface area contributed by atoms with E-state index >= 15 is 0 Å². The lowest BCUT2D eigenvalue weighted by Crippen LogP contribution is -2.66. The number of carboxylic acids is 1. The number of aliphatic carboxylic acids is 1. The first-order chi connectivity index (χ1) is 18.6. The van der Waals surface area contributed by atoms with Crippen molar-refractivity contribution in [2.24, 2.45) is 5.92 Å². The Morgan fingerprint density at radius 2 is 2.09 bits per heavy atom. The third-order valence-corrected chi connectivity index (χ3v) is 8.05. The molecule has 2 bridgehead atoms. The maximum atomic E-state index is 11.6. The van der Waals surface area contributed by atoms with Crippen LogP contribution in [0.5, 0.6) is 11.5 Å². The van der Waals surface area contributed by atoms with Gasteiger partial charge in [0.05, 0.1) is 11.2 Å². The smallest absolute Gasteiger partial charge is 0.335 e. The van der Waals surface area contributed by atoms with Gasteiger partial charge in [-0.05, 0) is 38.0 Å². The molecule has 2 aliphatic carbocycles. The summed E-state index contributed by atoms with van der Waals surface area (Å²) < 4.78 is 70.2. The van der Waals surface area contributed by atoms with Gasteiger partial charge < -0.3 is 44.3 Å². The standard InChI is InChI=1S/C24H29NO9/c1-25-8-7-24-11-4-6-14(32-23-18(28)16(26)17(27)20(34-23)22(29)30)21(24)33-19-13(31-2)5-3-10(15(19)24)9-12(11)25/h3-6,11-12,14,16-18,20-21,23,26-28H,7-9H2,1-2H3,(H,29,30)/t11-,12+,14-,16?,17-,18+,20-,21-,23+,24-/m0/s1/i1D3,2D3. The third kappa shape index (κ3) is 2.81. The monoisotopic (exact) mass is 481 g/mol. The van der Waals surface area contributed by atoms with Crippen molar-refractivity contribution in [3.05, 3.63) is 35.4 Å². The molecular formula is C24H29NO9. The van der Waals surface area contributed by atoms with Crippen LogP contribution < -0.4 is 9.47 Å². The molecule has 6 rings (SSSR count). The summed E-state index contributed by atoms with van der Waals surface area (Å²) in [5, 5.41) is 40.3. The van der Waals surface area contributed by atoms with Crippen LogP contribution in [-0.4, -0.2) is 101 Å². The lowest BCUT2D eigenvalue weighted by Gasteiger charge is -2.57. The highest BCUT2D eigenvalue weighted by Crippen LogP contribution is 2.62. The Morgan fingerprint density at radius 1 is 1.24 bits per heavy atom. The largest absolute Gasteiger partial charge is 0.493 e. The number of rotatable bonds is 4. The van der Waals surface area contributed by atoms with E-state index < -0.39 is 74.4 Å². The van der Waals surface area contributed by atoms with E-state index in [0.29, 0.717) is 18.4 Å². The van der Waals surface area contributed by atoms with Gasteiger partial charge in [0.1, 0.15) is 30.5 Å². The molecule has 0 amide bonds. The SMILES string of the molecule is [2H]C([2H])([2H])Oc1ccc2c3c1O[C@H]1[C@@H](O[C@@H]4O[C@H](C(=O)O)[C@@H](O)C(O)[C@H]4O)C=C[C@H]4[C@@H](C2)N(C([2H])([2H])[2H])CC[C@@]341. The van der Waals surface area contributed by atoms with E-state index in [1.165, 1.54) is 11.0 Å². The molecule has 1 unspecified atom stereocenters. The molecule has 0 saturated carbocycles. The molecule has 10 nitrogen and oxygen atoms in total. The van der Waals surface area contributed by atoms with Gasteiger partial charge >= 0.3 is 5.97 Å². The molecular weight excluding hydrogens is 446 g/mol. The minimum Gasteiger partial charge on any atom is -0.493 e. The van der Waals surface area contributed by atoms with Crippen molar-refractivity contribution in [2.45, 2.75) is 67.2 Å². The number of hydrogen-bond donors (Lipinski definition) is 4. The first-order valence-corrected chi connectivity index (χ1v) is 11.2. The number of nitrogens with zero attached hydrogens (tertiary/aromatic N) is 1. The number of aliphatic hydroxyl groups is 3. The number of aliphatic hydroxyl groups excluding tert-OH is 3. The molecule has 4 N–H and O–H groups in total. The molecule has 10 heteroatoms. The van der Waals surface area contributed by atoms with Crippen molar-refractivity contribution in [3.8, 4) is 11.5 Å². The molecule has 5 aliphatic rings. The molecule has 0 radical (unpaired) electrons. The summed E-state index contributed by atoms with van der Waals surface area (Å²) >= 11 is 0. The van der Waals surface area contributed by atoms with Gasteiger partial charge in [0.15, 0.2) is 23.9 Å². The van der Waals surface area contributed by atoms with Gasteiger partial charge in [-0.15, -0.1) is 0 Å². The number of piperidine rings is 1. The van der Waals surface area contributed by atoms with E-state index in [9.17, 15) is 25.2 Å². The van der Waals surface area contributed by atoms with E-state index in [1.807, 2.05) is 6.08 Å². The highest BCUT2D eigenvalue weighted by Gasteiger charge is 2.65. The van der Waals surface area contributed by atoms with Crippen molar-refractivity contribution in [1.29, 1.82) is 0 Å². The predicted molar refractivity (Wildman–Crippen MR) is 116 cm³/mol. The average molecular weight is 482 g/mol. The first kappa shape index (κ1) is 16.5. The van der Waals surface area contributed by atoms with Crippen LogP contribution in [0.4, 0.5) is 0 Å². The van der Waals surface area contributed by atoms with Gasteiger partial charge in [-0.1, -0.05) is 18.2 Å². The van der Waals surface area contributed by atoms with Gasteiger partial charge in [0.2, 0.25) is 0 Å². The van der Waals surface area contributed by atoms with Crippen LogP contribution in [0.25, 0.3) is 0 Å². The number of methoxy groups -OCH3 is 1. The number of hydrogen-bond acceptors (Lipinski definition) is 9. The Kier molecular flexibility index (Phi) is 3.70. The van der Waals surface area contributed by atoms with Crippen LogP contribution in [0.15, 0.2) is 24.3 Å². The Labute approximate surface area is 204 Å². The fourth-order valence-corrected chi connectivity index (χ4v) is 6.54. The van der Waals surface area contributed by atoms with E-state index in [-0.39, 0.29) is 24.0 Å². The summed E-state index contributed by atoms with van der Waals surface area (Å²) in [6.07, 6.45) is -6.81. The number of likely N-dealkylation sites (N-methyl/N-ethyl adjacent to an activating group) is 1. The molecule has 10 atom stereocenters. The molecule has 3 heterocycles. The minimum absolute atomic E-state index is 0.00448. The zero-order valence-electron chi connectivity index (χ0n) is 23.9. The normalized spacial score (nSPS) is 47.7. The van der Waals surface area contributed by atoms with Crippen molar-refractivity contribution >= 4 is 5.97 Å². The fraction of sp³-hybridized carbons (Fsp3) is 0.625. The molecule has 1 aromatic carbocycles. The summed E-state index contributed by atoms with van der Waals surface area (Å²) in [5.41, 5.74) is 0.651. The number of benzene rings is 1. The number of carbonyl (C=O) groups is 1. The molecule has 2 fully saturated rings. The van der Waals surface area contributed by atoms with Gasteiger partial charge in [0, 0.05) is 27.1 Å². The van der Waals surface area contributed by atoms with Crippen LogP contribution in [0.1, 0.15) is 25.8 Å². The summed E-state index contributed by atoms with van der Waals surface area (Å²) in [6.45, 7) is -2.16. The zero-order chi connectivity index (χ0) is 28.9. The predicted octanol–water partition coefficient (Wildman–Crippen LogP) is -0.582.